The highest BCUT2D eigenvalue weighted by Crippen LogP contribution is 2.33. The Morgan fingerprint density at radius 3 is 2.50 bits per heavy atom. The summed E-state index contributed by atoms with van der Waals surface area (Å²) in [5.41, 5.74) is 7.36. The van der Waals surface area contributed by atoms with Gasteiger partial charge in [-0.25, -0.2) is 0 Å². The molecule has 0 spiro atoms. The van der Waals surface area contributed by atoms with Crippen LogP contribution in [0.2, 0.25) is 0 Å². The summed E-state index contributed by atoms with van der Waals surface area (Å²) in [6.07, 6.45) is 0. The molecule has 0 bridgehead atoms. The maximum Gasteiger partial charge on any atom is 0.271 e. The van der Waals surface area contributed by atoms with Crippen molar-refractivity contribution in [1.29, 1.82) is 0 Å². The Kier molecular flexibility index (Phi) is 3.65. The first-order valence-corrected chi connectivity index (χ1v) is 6.86. The minimum absolute atomic E-state index is 0.0451. The quantitative estimate of drug-likeness (QED) is 0.506. The number of non-ortho nitro benzene ring substituents is 1. The predicted molar refractivity (Wildman–Crippen MR) is 76.2 cm³/mol. The minimum atomic E-state index is -0.419. The summed E-state index contributed by atoms with van der Waals surface area (Å²) in [5, 5.41) is 11.8. The Bertz CT molecular complexity index is 457. The molecule has 1 aromatic carbocycles. The zero-order valence-corrected chi connectivity index (χ0v) is 11.3. The van der Waals surface area contributed by atoms with Gasteiger partial charge in [-0.05, 0) is 6.07 Å². The van der Waals surface area contributed by atoms with Crippen molar-refractivity contribution in [2.24, 2.45) is 0 Å². The lowest BCUT2D eigenvalue weighted by atomic mass is 10.2. The highest BCUT2D eigenvalue weighted by molar-refractivity contribution is 8.00. The van der Waals surface area contributed by atoms with E-state index in [0.29, 0.717) is 16.2 Å². The molecule has 1 heterocycles. The van der Waals surface area contributed by atoms with Gasteiger partial charge in [0, 0.05) is 35.7 Å². The van der Waals surface area contributed by atoms with Gasteiger partial charge in [-0.2, -0.15) is 11.8 Å². The molecule has 18 heavy (non-hydrogen) atoms. The van der Waals surface area contributed by atoms with E-state index in [0.717, 1.165) is 18.8 Å². The molecule has 2 rings (SSSR count). The number of nitrogens with two attached hydrogens (primary N) is 1. The number of nitro benzene ring substituents is 1. The summed E-state index contributed by atoms with van der Waals surface area (Å²) >= 11 is 1.96. The van der Waals surface area contributed by atoms with E-state index in [1.807, 2.05) is 11.8 Å². The molecule has 0 saturated carbocycles. The highest BCUT2D eigenvalue weighted by Gasteiger charge is 2.24. The number of hydrogen-bond donors (Lipinski definition) is 1. The number of rotatable bonds is 2. The number of nitro groups is 1. The van der Waals surface area contributed by atoms with Crippen molar-refractivity contribution in [3.63, 3.8) is 0 Å². The zero-order valence-electron chi connectivity index (χ0n) is 10.5. The fraction of sp³-hybridized carbons (Fsp3) is 0.500. The SMILES string of the molecule is CC1CN(c2ccc([N+](=O)[O-])cc2N)CC(C)S1. The molecule has 0 aliphatic carbocycles. The molecule has 0 amide bonds. The Hall–Kier alpha value is -1.43. The van der Waals surface area contributed by atoms with E-state index in [-0.39, 0.29) is 5.69 Å². The van der Waals surface area contributed by atoms with Crippen LogP contribution in [0.15, 0.2) is 18.2 Å². The summed E-state index contributed by atoms with van der Waals surface area (Å²) in [6, 6.07) is 4.71. The average Bonchev–Trinajstić information content (AvgIpc) is 2.27. The number of hydrogen-bond acceptors (Lipinski definition) is 5. The molecule has 2 N–H and O–H groups in total. The monoisotopic (exact) mass is 267 g/mol. The summed E-state index contributed by atoms with van der Waals surface area (Å²) in [6.45, 7) is 6.23. The second kappa shape index (κ2) is 5.06. The Labute approximate surface area is 110 Å². The van der Waals surface area contributed by atoms with E-state index in [9.17, 15) is 10.1 Å². The molecular formula is C12H17N3O2S. The number of anilines is 2. The number of thioether (sulfide) groups is 1. The van der Waals surface area contributed by atoms with Crippen molar-refractivity contribution < 1.29 is 4.92 Å². The molecular weight excluding hydrogens is 250 g/mol. The van der Waals surface area contributed by atoms with Crippen LogP contribution in [0.5, 0.6) is 0 Å². The first-order chi connectivity index (χ1) is 8.47. The van der Waals surface area contributed by atoms with Crippen molar-refractivity contribution in [3.8, 4) is 0 Å². The first kappa shape index (κ1) is 13.0. The van der Waals surface area contributed by atoms with Crippen LogP contribution in [0.3, 0.4) is 0 Å². The van der Waals surface area contributed by atoms with E-state index < -0.39 is 4.92 Å². The van der Waals surface area contributed by atoms with Crippen LogP contribution >= 0.6 is 11.8 Å². The van der Waals surface area contributed by atoms with Gasteiger partial charge in [-0.1, -0.05) is 13.8 Å². The number of nitrogen functional groups attached to an aromatic ring is 1. The van der Waals surface area contributed by atoms with Crippen LogP contribution in [0, 0.1) is 10.1 Å². The van der Waals surface area contributed by atoms with Gasteiger partial charge >= 0.3 is 0 Å². The van der Waals surface area contributed by atoms with Crippen molar-refractivity contribution in [2.45, 2.75) is 24.3 Å². The molecule has 2 atom stereocenters. The molecule has 5 nitrogen and oxygen atoms in total. The fourth-order valence-electron chi connectivity index (χ4n) is 2.32. The van der Waals surface area contributed by atoms with Crippen molar-refractivity contribution in [3.05, 3.63) is 28.3 Å². The molecule has 98 valence electrons. The Balaban J connectivity index is 2.25. The third-order valence-electron chi connectivity index (χ3n) is 2.98. The van der Waals surface area contributed by atoms with E-state index in [1.165, 1.54) is 12.1 Å². The second-order valence-corrected chi connectivity index (χ2v) is 6.54. The molecule has 0 aromatic heterocycles. The summed E-state index contributed by atoms with van der Waals surface area (Å²) in [4.78, 5) is 12.5. The van der Waals surface area contributed by atoms with Crippen LogP contribution in [0.4, 0.5) is 17.1 Å². The largest absolute Gasteiger partial charge is 0.397 e. The lowest BCUT2D eigenvalue weighted by Gasteiger charge is -2.36. The number of benzene rings is 1. The van der Waals surface area contributed by atoms with Gasteiger partial charge in [0.1, 0.15) is 0 Å². The van der Waals surface area contributed by atoms with Crippen LogP contribution < -0.4 is 10.6 Å². The van der Waals surface area contributed by atoms with Gasteiger partial charge in [-0.3, -0.25) is 10.1 Å². The van der Waals surface area contributed by atoms with Crippen LogP contribution in [-0.2, 0) is 0 Å². The minimum Gasteiger partial charge on any atom is -0.397 e. The maximum absolute atomic E-state index is 10.7. The van der Waals surface area contributed by atoms with Gasteiger partial charge in [0.05, 0.1) is 16.3 Å². The lowest BCUT2D eigenvalue weighted by Crippen LogP contribution is -2.40. The standard InChI is InChI=1S/C12H17N3O2S/c1-8-6-14(7-9(2)18-8)12-4-3-10(15(16)17)5-11(12)13/h3-5,8-9H,6-7,13H2,1-2H3. The maximum atomic E-state index is 10.7. The van der Waals surface area contributed by atoms with E-state index in [1.54, 1.807) is 6.07 Å². The first-order valence-electron chi connectivity index (χ1n) is 5.91. The molecule has 2 unspecified atom stereocenters. The van der Waals surface area contributed by atoms with Crippen molar-refractivity contribution >= 4 is 28.8 Å². The third kappa shape index (κ3) is 2.69. The molecule has 1 fully saturated rings. The zero-order chi connectivity index (χ0) is 13.3. The van der Waals surface area contributed by atoms with Gasteiger partial charge in [0.25, 0.3) is 5.69 Å². The van der Waals surface area contributed by atoms with Crippen molar-refractivity contribution in [2.75, 3.05) is 23.7 Å². The molecule has 6 heteroatoms. The third-order valence-corrected chi connectivity index (χ3v) is 4.21. The van der Waals surface area contributed by atoms with E-state index in [4.69, 9.17) is 5.73 Å². The van der Waals surface area contributed by atoms with Gasteiger partial charge in [-0.15, -0.1) is 0 Å². The topological polar surface area (TPSA) is 72.4 Å². The predicted octanol–water partition coefficient (Wildman–Crippen LogP) is 2.51. The molecule has 1 saturated heterocycles. The second-order valence-electron chi connectivity index (χ2n) is 4.66. The van der Waals surface area contributed by atoms with Crippen LogP contribution in [-0.4, -0.2) is 28.5 Å². The summed E-state index contributed by atoms with van der Waals surface area (Å²) in [5.74, 6) is 0. The van der Waals surface area contributed by atoms with E-state index in [2.05, 4.69) is 18.7 Å². The Morgan fingerprint density at radius 1 is 1.39 bits per heavy atom. The smallest absolute Gasteiger partial charge is 0.271 e. The van der Waals surface area contributed by atoms with Crippen LogP contribution in [0.1, 0.15) is 13.8 Å². The van der Waals surface area contributed by atoms with Crippen LogP contribution in [0.25, 0.3) is 0 Å². The van der Waals surface area contributed by atoms with E-state index >= 15 is 0 Å². The highest BCUT2D eigenvalue weighted by atomic mass is 32.2. The van der Waals surface area contributed by atoms with Crippen molar-refractivity contribution in [1.82, 2.24) is 0 Å². The van der Waals surface area contributed by atoms with Gasteiger partial charge < -0.3 is 10.6 Å². The lowest BCUT2D eigenvalue weighted by molar-refractivity contribution is -0.384. The molecule has 1 aromatic rings. The van der Waals surface area contributed by atoms with Gasteiger partial charge in [0.15, 0.2) is 0 Å². The molecule has 0 radical (unpaired) electrons. The Morgan fingerprint density at radius 2 is 2.00 bits per heavy atom. The molecule has 1 aliphatic heterocycles. The fourth-order valence-corrected chi connectivity index (χ4v) is 3.64. The normalized spacial score (nSPS) is 24.0. The summed E-state index contributed by atoms with van der Waals surface area (Å²) < 4.78 is 0. The van der Waals surface area contributed by atoms with Gasteiger partial charge in [0.2, 0.25) is 0 Å². The average molecular weight is 267 g/mol. The number of nitrogens with zero attached hydrogens (tertiary/aromatic N) is 2. The molecule has 1 aliphatic rings. The summed E-state index contributed by atoms with van der Waals surface area (Å²) in [7, 11) is 0.